The first kappa shape index (κ1) is 23.1. The molecule has 31 heavy (non-hydrogen) atoms. The highest BCUT2D eigenvalue weighted by Gasteiger charge is 2.39. The van der Waals surface area contributed by atoms with Crippen LogP contribution >= 0.6 is 35.6 Å². The predicted octanol–water partition coefficient (Wildman–Crippen LogP) is 4.99. The number of carboxylic acids is 1. The van der Waals surface area contributed by atoms with E-state index in [1.807, 2.05) is 12.1 Å². The maximum absolute atomic E-state index is 12.8. The zero-order chi connectivity index (χ0) is 22.5. The van der Waals surface area contributed by atoms with Crippen molar-refractivity contribution in [1.82, 2.24) is 4.90 Å². The molecule has 1 N–H and O–H groups in total. The fourth-order valence-corrected chi connectivity index (χ4v) is 4.49. The Hall–Kier alpha value is -2.55. The predicted molar refractivity (Wildman–Crippen MR) is 126 cm³/mol. The highest BCUT2D eigenvalue weighted by atomic mass is 35.5. The molecule has 1 amide bonds. The Kier molecular flexibility index (Phi) is 7.59. The van der Waals surface area contributed by atoms with Gasteiger partial charge in [-0.05, 0) is 47.9 Å². The number of carbonyl (C=O) groups excluding carboxylic acids is 1. The number of carboxylic acid groups (broad SMARTS) is 1. The molecule has 1 aliphatic rings. The fraction of sp³-hybridized carbons (Fsp3) is 0.227. The topological polar surface area (TPSA) is 76.1 Å². The number of rotatable bonds is 8. The Morgan fingerprint density at radius 2 is 1.97 bits per heavy atom. The molecule has 0 radical (unpaired) electrons. The van der Waals surface area contributed by atoms with E-state index in [0.29, 0.717) is 33.6 Å². The summed E-state index contributed by atoms with van der Waals surface area (Å²) in [6.45, 7) is 2.05. The molecule has 2 aromatic carbocycles. The Bertz CT molecular complexity index is 1040. The molecule has 1 aliphatic heterocycles. The minimum atomic E-state index is -1.08. The molecule has 1 atom stereocenters. The SMILES string of the molecule is CC[C@H](C(=O)O)N1C(=O)/C(=C/c2ccc(OCc3ccc(Cl)cc3)c(OC)c2)SC1=S. The van der Waals surface area contributed by atoms with Crippen LogP contribution in [0.15, 0.2) is 47.4 Å². The van der Waals surface area contributed by atoms with Crippen LogP contribution in [-0.2, 0) is 16.2 Å². The maximum Gasteiger partial charge on any atom is 0.326 e. The van der Waals surface area contributed by atoms with Crippen LogP contribution in [0.4, 0.5) is 0 Å². The summed E-state index contributed by atoms with van der Waals surface area (Å²) >= 11 is 12.2. The zero-order valence-electron chi connectivity index (χ0n) is 16.8. The molecule has 1 fully saturated rings. The van der Waals surface area contributed by atoms with Crippen molar-refractivity contribution in [3.8, 4) is 11.5 Å². The van der Waals surface area contributed by atoms with E-state index in [2.05, 4.69) is 0 Å². The van der Waals surface area contributed by atoms with Crippen molar-refractivity contribution >= 4 is 57.9 Å². The van der Waals surface area contributed by atoms with Crippen LogP contribution in [0.1, 0.15) is 24.5 Å². The average molecular weight is 478 g/mol. The van der Waals surface area contributed by atoms with E-state index in [-0.39, 0.29) is 10.7 Å². The fourth-order valence-electron chi connectivity index (χ4n) is 3.00. The third-order valence-corrected chi connectivity index (χ3v) is 6.18. The van der Waals surface area contributed by atoms with Crippen molar-refractivity contribution in [2.24, 2.45) is 0 Å². The zero-order valence-corrected chi connectivity index (χ0v) is 19.2. The lowest BCUT2D eigenvalue weighted by molar-refractivity contribution is -0.145. The molecule has 0 aromatic heterocycles. The molecule has 1 saturated heterocycles. The summed E-state index contributed by atoms with van der Waals surface area (Å²) in [6.07, 6.45) is 1.93. The highest BCUT2D eigenvalue weighted by molar-refractivity contribution is 8.26. The lowest BCUT2D eigenvalue weighted by Crippen LogP contribution is -2.43. The van der Waals surface area contributed by atoms with Crippen LogP contribution in [-0.4, -0.2) is 39.4 Å². The number of halogens is 1. The largest absolute Gasteiger partial charge is 0.493 e. The quantitative estimate of drug-likeness (QED) is 0.424. The van der Waals surface area contributed by atoms with Gasteiger partial charge in [0.05, 0.1) is 12.0 Å². The minimum absolute atomic E-state index is 0.236. The Labute approximate surface area is 194 Å². The number of amides is 1. The molecule has 162 valence electrons. The first-order chi connectivity index (χ1) is 14.8. The standard InChI is InChI=1S/C22H20ClNO5S2/c1-3-16(21(26)27)24-20(25)19(31-22(24)30)11-14-6-9-17(18(10-14)28-2)29-12-13-4-7-15(23)8-5-13/h4-11,16H,3,12H2,1-2H3,(H,26,27)/b19-11-/t16-/m1/s1. The van der Waals surface area contributed by atoms with Crippen LogP contribution in [0.2, 0.25) is 5.02 Å². The van der Waals surface area contributed by atoms with Crippen LogP contribution in [0.3, 0.4) is 0 Å². The summed E-state index contributed by atoms with van der Waals surface area (Å²) < 4.78 is 11.5. The highest BCUT2D eigenvalue weighted by Crippen LogP contribution is 2.36. The van der Waals surface area contributed by atoms with Crippen LogP contribution in [0.5, 0.6) is 11.5 Å². The summed E-state index contributed by atoms with van der Waals surface area (Å²) in [5.74, 6) is -0.426. The van der Waals surface area contributed by atoms with E-state index in [4.69, 9.17) is 33.3 Å². The number of ether oxygens (including phenoxy) is 2. The third kappa shape index (κ3) is 5.39. The smallest absolute Gasteiger partial charge is 0.326 e. The number of thioether (sulfide) groups is 1. The maximum atomic E-state index is 12.8. The molecule has 3 rings (SSSR count). The van der Waals surface area contributed by atoms with Gasteiger partial charge in [-0.2, -0.15) is 0 Å². The second-order valence-corrected chi connectivity index (χ2v) is 8.75. The van der Waals surface area contributed by atoms with E-state index in [0.717, 1.165) is 22.2 Å². The second-order valence-electron chi connectivity index (χ2n) is 6.64. The monoisotopic (exact) mass is 477 g/mol. The first-order valence-electron chi connectivity index (χ1n) is 9.39. The second kappa shape index (κ2) is 10.2. The number of carbonyl (C=O) groups is 2. The molecule has 0 saturated carbocycles. The van der Waals surface area contributed by atoms with E-state index in [1.165, 1.54) is 7.11 Å². The number of methoxy groups -OCH3 is 1. The molecular weight excluding hydrogens is 458 g/mol. The van der Waals surface area contributed by atoms with Gasteiger partial charge < -0.3 is 14.6 Å². The Morgan fingerprint density at radius 3 is 2.58 bits per heavy atom. The van der Waals surface area contributed by atoms with Crippen LogP contribution < -0.4 is 9.47 Å². The molecule has 0 unspecified atom stereocenters. The van der Waals surface area contributed by atoms with E-state index < -0.39 is 17.9 Å². The van der Waals surface area contributed by atoms with Crippen LogP contribution in [0.25, 0.3) is 6.08 Å². The van der Waals surface area contributed by atoms with E-state index >= 15 is 0 Å². The van der Waals surface area contributed by atoms with E-state index in [9.17, 15) is 14.7 Å². The van der Waals surface area contributed by atoms with Crippen LogP contribution in [0, 0.1) is 0 Å². The van der Waals surface area contributed by atoms with Gasteiger partial charge in [-0.3, -0.25) is 9.69 Å². The van der Waals surface area contributed by atoms with Gasteiger partial charge in [-0.15, -0.1) is 0 Å². The van der Waals surface area contributed by atoms with E-state index in [1.54, 1.807) is 43.3 Å². The lowest BCUT2D eigenvalue weighted by atomic mass is 10.1. The first-order valence-corrected chi connectivity index (χ1v) is 11.0. The van der Waals surface area contributed by atoms with Gasteiger partial charge >= 0.3 is 5.97 Å². The Morgan fingerprint density at radius 1 is 1.26 bits per heavy atom. The number of aliphatic carboxylic acids is 1. The normalized spacial score (nSPS) is 16.0. The molecule has 9 heteroatoms. The summed E-state index contributed by atoms with van der Waals surface area (Å²) in [7, 11) is 1.53. The molecular formula is C22H20ClNO5S2. The molecule has 6 nitrogen and oxygen atoms in total. The van der Waals surface area contributed by atoms with Gasteiger partial charge in [-0.25, -0.2) is 4.79 Å². The van der Waals surface area contributed by atoms with Crippen molar-refractivity contribution in [3.63, 3.8) is 0 Å². The number of benzene rings is 2. The van der Waals surface area contributed by atoms with Gasteiger partial charge in [0.15, 0.2) is 11.5 Å². The lowest BCUT2D eigenvalue weighted by Gasteiger charge is -2.21. The van der Waals surface area contributed by atoms with Gasteiger partial charge in [0.2, 0.25) is 0 Å². The summed E-state index contributed by atoms with van der Waals surface area (Å²) in [4.78, 5) is 25.7. The van der Waals surface area contributed by atoms with Crippen molar-refractivity contribution in [3.05, 3.63) is 63.5 Å². The molecule has 0 spiro atoms. The molecule has 0 aliphatic carbocycles. The summed E-state index contributed by atoms with van der Waals surface area (Å²) in [5.41, 5.74) is 1.67. The van der Waals surface area contributed by atoms with Crippen molar-refractivity contribution in [2.45, 2.75) is 26.0 Å². The van der Waals surface area contributed by atoms with Crippen molar-refractivity contribution in [2.75, 3.05) is 7.11 Å². The number of hydrogen-bond donors (Lipinski definition) is 1. The van der Waals surface area contributed by atoms with Gasteiger partial charge in [0.25, 0.3) is 5.91 Å². The number of thiocarbonyl (C=S) groups is 1. The summed E-state index contributed by atoms with van der Waals surface area (Å²) in [6, 6.07) is 11.7. The van der Waals surface area contributed by atoms with Crippen molar-refractivity contribution in [1.29, 1.82) is 0 Å². The summed E-state index contributed by atoms with van der Waals surface area (Å²) in [5, 5.41) is 10.0. The number of hydrogen-bond acceptors (Lipinski definition) is 6. The molecule has 2 aromatic rings. The Balaban J connectivity index is 1.78. The van der Waals surface area contributed by atoms with Crippen molar-refractivity contribution < 1.29 is 24.2 Å². The van der Waals surface area contributed by atoms with Gasteiger partial charge in [-0.1, -0.05) is 60.7 Å². The third-order valence-electron chi connectivity index (χ3n) is 4.60. The van der Waals surface area contributed by atoms with Gasteiger partial charge in [0, 0.05) is 5.02 Å². The van der Waals surface area contributed by atoms with Gasteiger partial charge in [0.1, 0.15) is 17.0 Å². The molecule has 0 bridgehead atoms. The molecule has 1 heterocycles. The minimum Gasteiger partial charge on any atom is -0.493 e. The number of nitrogens with zero attached hydrogens (tertiary/aromatic N) is 1. The average Bonchev–Trinajstić information content (AvgIpc) is 3.02.